The number of aliphatic hydroxyl groups excluding tert-OH is 1. The number of ether oxygens (including phenoxy) is 1. The number of rotatable bonds is 14. The molecule has 0 aliphatic heterocycles. The van der Waals surface area contributed by atoms with Crippen LogP contribution in [0.15, 0.2) is 77.6 Å². The summed E-state index contributed by atoms with van der Waals surface area (Å²) in [4.78, 5) is 26.4. The maximum atomic E-state index is 12.2. The molecule has 3 aromatic carbocycles. The molecule has 4 rings (SSSR count). The number of aromatic hydroxyl groups is 1. The Morgan fingerprint density at radius 3 is 2.51 bits per heavy atom. The minimum atomic E-state index is -2.19. The van der Waals surface area contributed by atoms with Crippen LogP contribution >= 0.6 is 0 Å². The summed E-state index contributed by atoms with van der Waals surface area (Å²) in [5.74, 6) is -0.915. The topological polar surface area (TPSA) is 152 Å². The molecule has 2 atom stereocenters. The number of hydrogen-bond acceptors (Lipinski definition) is 7. The zero-order valence-electron chi connectivity index (χ0n) is 23.0. The highest BCUT2D eigenvalue weighted by molar-refractivity contribution is 5.87. The lowest BCUT2D eigenvalue weighted by molar-refractivity contribution is -0.155. The van der Waals surface area contributed by atoms with Crippen molar-refractivity contribution in [3.63, 3.8) is 0 Å². The van der Waals surface area contributed by atoms with Crippen molar-refractivity contribution in [3.8, 4) is 11.5 Å². The normalized spacial score (nSPS) is 13.5. The van der Waals surface area contributed by atoms with E-state index in [2.05, 4.69) is 10.3 Å². The minimum Gasteiger partial charge on any atom is -0.506 e. The lowest BCUT2D eigenvalue weighted by Gasteiger charge is -2.25. The molecule has 0 bridgehead atoms. The number of phenolic OH excluding ortho intramolecular Hbond substituents is 1. The Morgan fingerprint density at radius 2 is 1.76 bits per heavy atom. The molecular weight excluding hydrogens is 524 g/mol. The van der Waals surface area contributed by atoms with E-state index in [1.54, 1.807) is 54.6 Å². The lowest BCUT2D eigenvalue weighted by atomic mass is 9.85. The van der Waals surface area contributed by atoms with Gasteiger partial charge in [-0.1, -0.05) is 49.4 Å². The van der Waals surface area contributed by atoms with Crippen LogP contribution in [0.25, 0.3) is 10.9 Å². The largest absolute Gasteiger partial charge is 0.506 e. The van der Waals surface area contributed by atoms with Gasteiger partial charge in [-0.15, -0.1) is 0 Å². The number of aromatic nitrogens is 1. The van der Waals surface area contributed by atoms with E-state index in [-0.39, 0.29) is 16.9 Å². The van der Waals surface area contributed by atoms with E-state index in [0.717, 1.165) is 31.2 Å². The maximum absolute atomic E-state index is 12.2. The molecule has 216 valence electrons. The van der Waals surface area contributed by atoms with Crippen LogP contribution in [0.1, 0.15) is 54.5 Å². The highest BCUT2D eigenvalue weighted by Gasteiger charge is 2.40. The number of fused-ring (bicyclic) bond motifs is 1. The van der Waals surface area contributed by atoms with E-state index < -0.39 is 17.7 Å². The first-order valence-electron chi connectivity index (χ1n) is 13.8. The van der Waals surface area contributed by atoms with Gasteiger partial charge in [0.25, 0.3) is 0 Å². The van der Waals surface area contributed by atoms with Gasteiger partial charge in [-0.2, -0.15) is 0 Å². The zero-order chi connectivity index (χ0) is 29.4. The van der Waals surface area contributed by atoms with Crippen LogP contribution in [0.2, 0.25) is 0 Å². The van der Waals surface area contributed by atoms with Crippen LogP contribution in [0, 0.1) is 0 Å². The Kier molecular flexibility index (Phi) is 9.78. The van der Waals surface area contributed by atoms with Crippen molar-refractivity contribution < 1.29 is 30.0 Å². The Hall–Kier alpha value is -4.18. The predicted octanol–water partition coefficient (Wildman–Crippen LogP) is 3.99. The number of carbonyl (C=O) groups is 1. The van der Waals surface area contributed by atoms with E-state index in [4.69, 9.17) is 4.74 Å². The van der Waals surface area contributed by atoms with E-state index in [0.29, 0.717) is 47.5 Å². The number of aliphatic carboxylic acids is 1. The van der Waals surface area contributed by atoms with Gasteiger partial charge >= 0.3 is 5.97 Å². The fourth-order valence-electron chi connectivity index (χ4n) is 4.86. The molecule has 0 saturated carbocycles. The van der Waals surface area contributed by atoms with Crippen LogP contribution in [-0.2, 0) is 16.8 Å². The number of pyridine rings is 1. The third-order valence-corrected chi connectivity index (χ3v) is 7.18. The molecule has 9 nitrogen and oxygen atoms in total. The first-order chi connectivity index (χ1) is 19.7. The third-order valence-electron chi connectivity index (χ3n) is 7.18. The smallest absolute Gasteiger partial charge is 0.345 e. The molecule has 9 heteroatoms. The minimum absolute atomic E-state index is 0.0464. The molecule has 4 aromatic rings. The SMILES string of the molecule is CCc1cccc(C(O)(C(=O)O)c2cccc(OCCCCCNCC(O)c3ccc(O)c4[nH]c(=O)ccc34)c2)c1. The molecule has 2 unspecified atom stereocenters. The van der Waals surface area contributed by atoms with Crippen molar-refractivity contribution in [2.45, 2.75) is 44.3 Å². The highest BCUT2D eigenvalue weighted by atomic mass is 16.5. The van der Waals surface area contributed by atoms with Crippen LogP contribution in [-0.4, -0.2) is 51.1 Å². The van der Waals surface area contributed by atoms with Crippen LogP contribution in [0.4, 0.5) is 0 Å². The van der Waals surface area contributed by atoms with Crippen LogP contribution in [0.5, 0.6) is 11.5 Å². The molecule has 0 saturated heterocycles. The molecule has 0 radical (unpaired) electrons. The van der Waals surface area contributed by atoms with Gasteiger partial charge in [-0.25, -0.2) is 4.79 Å². The van der Waals surface area contributed by atoms with Gasteiger partial charge in [0, 0.05) is 23.6 Å². The van der Waals surface area contributed by atoms with E-state index >= 15 is 0 Å². The van der Waals surface area contributed by atoms with Crippen molar-refractivity contribution >= 4 is 16.9 Å². The summed E-state index contributed by atoms with van der Waals surface area (Å²) >= 11 is 0. The summed E-state index contributed by atoms with van der Waals surface area (Å²) in [6.07, 6.45) is 2.41. The Bertz CT molecular complexity index is 1550. The summed E-state index contributed by atoms with van der Waals surface area (Å²) in [5.41, 5.74) is -0.134. The lowest BCUT2D eigenvalue weighted by Crippen LogP contribution is -2.36. The van der Waals surface area contributed by atoms with Crippen LogP contribution < -0.4 is 15.6 Å². The van der Waals surface area contributed by atoms with Gasteiger partial charge in [0.15, 0.2) is 0 Å². The second kappa shape index (κ2) is 13.5. The quantitative estimate of drug-likeness (QED) is 0.127. The van der Waals surface area contributed by atoms with Gasteiger partial charge in [0.1, 0.15) is 11.5 Å². The fourth-order valence-corrected chi connectivity index (χ4v) is 4.86. The van der Waals surface area contributed by atoms with Gasteiger partial charge in [0.2, 0.25) is 11.2 Å². The number of aryl methyl sites for hydroxylation is 1. The van der Waals surface area contributed by atoms with Gasteiger partial charge < -0.3 is 35.5 Å². The van der Waals surface area contributed by atoms with Crippen molar-refractivity contribution in [2.75, 3.05) is 19.7 Å². The Labute approximate surface area is 238 Å². The van der Waals surface area contributed by atoms with Crippen LogP contribution in [0.3, 0.4) is 0 Å². The number of benzene rings is 3. The maximum Gasteiger partial charge on any atom is 0.345 e. The number of hydrogen-bond donors (Lipinski definition) is 6. The molecule has 1 heterocycles. The molecule has 0 aliphatic rings. The van der Waals surface area contributed by atoms with Crippen molar-refractivity contribution in [1.29, 1.82) is 0 Å². The number of phenols is 1. The predicted molar refractivity (Wildman–Crippen MR) is 156 cm³/mol. The average Bonchev–Trinajstić information content (AvgIpc) is 2.98. The number of carboxylic acids is 1. The molecule has 0 amide bonds. The summed E-state index contributed by atoms with van der Waals surface area (Å²) in [5, 5.41) is 45.7. The molecular formula is C32H36N2O7. The zero-order valence-corrected chi connectivity index (χ0v) is 23.0. The highest BCUT2D eigenvalue weighted by Crippen LogP contribution is 2.33. The molecule has 0 spiro atoms. The summed E-state index contributed by atoms with van der Waals surface area (Å²) < 4.78 is 5.85. The van der Waals surface area contributed by atoms with Gasteiger partial charge in [0.05, 0.1) is 18.2 Å². The average molecular weight is 561 g/mol. The molecule has 0 aliphatic carbocycles. The molecule has 0 fully saturated rings. The number of H-pyrrole nitrogens is 1. The number of nitrogens with one attached hydrogen (secondary N) is 2. The summed E-state index contributed by atoms with van der Waals surface area (Å²) in [6, 6.07) is 19.6. The number of unbranched alkanes of at least 4 members (excludes halogenated alkanes) is 2. The van der Waals surface area contributed by atoms with E-state index in [1.165, 1.54) is 12.1 Å². The molecule has 41 heavy (non-hydrogen) atoms. The third kappa shape index (κ3) is 6.94. The van der Waals surface area contributed by atoms with Crippen molar-refractivity contribution in [3.05, 3.63) is 105 Å². The summed E-state index contributed by atoms with van der Waals surface area (Å²) in [6.45, 7) is 3.40. The second-order valence-corrected chi connectivity index (χ2v) is 10.0. The fraction of sp³-hybridized carbons (Fsp3) is 0.312. The second-order valence-electron chi connectivity index (χ2n) is 10.0. The summed E-state index contributed by atoms with van der Waals surface area (Å²) in [7, 11) is 0. The van der Waals surface area contributed by atoms with Crippen molar-refractivity contribution in [1.82, 2.24) is 10.3 Å². The Balaban J connectivity index is 1.24. The van der Waals surface area contributed by atoms with Crippen molar-refractivity contribution in [2.24, 2.45) is 0 Å². The van der Waals surface area contributed by atoms with Gasteiger partial charge in [-0.05, 0) is 73.2 Å². The number of aliphatic hydroxyl groups is 2. The number of carboxylic acid groups (broad SMARTS) is 1. The van der Waals surface area contributed by atoms with E-state index in [9.17, 15) is 30.0 Å². The van der Waals surface area contributed by atoms with Gasteiger partial charge in [-0.3, -0.25) is 4.79 Å². The Morgan fingerprint density at radius 1 is 1.00 bits per heavy atom. The monoisotopic (exact) mass is 560 g/mol. The first kappa shape index (κ1) is 29.8. The molecule has 1 aromatic heterocycles. The first-order valence-corrected chi connectivity index (χ1v) is 13.8. The molecule has 6 N–H and O–H groups in total. The standard InChI is InChI=1S/C32H36N2O7/c1-2-21-8-6-9-22(18-21)32(40,31(38)39)23-10-7-11-24(19-23)41-17-5-3-4-16-33-20-28(36)25-12-14-27(35)30-26(25)13-15-29(37)34-30/h6-15,18-19,28,33,35-36,40H,2-5,16-17,20H2,1H3,(H,34,37)(H,38,39). The number of aromatic amines is 1. The van der Waals surface area contributed by atoms with E-state index in [1.807, 2.05) is 13.0 Å².